The zero-order valence-corrected chi connectivity index (χ0v) is 37.2. The molecule has 5 aromatic rings. The quantitative estimate of drug-likeness (QED) is 0.131. The number of likely N-dealkylation sites (tertiary alicyclic amines) is 2. The highest BCUT2D eigenvalue weighted by Crippen LogP contribution is 2.44. The van der Waals surface area contributed by atoms with Gasteiger partial charge in [-0.15, -0.1) is 11.3 Å². The third kappa shape index (κ3) is 8.00. The zero-order valence-electron chi connectivity index (χ0n) is 36.4. The Hall–Kier alpha value is -6.60. The fraction of sp³-hybridized carbons (Fsp3) is 0.396. The Kier molecular flexibility index (Phi) is 10.7. The van der Waals surface area contributed by atoms with Crippen molar-refractivity contribution in [2.24, 2.45) is 5.41 Å². The van der Waals surface area contributed by atoms with Crippen LogP contribution in [0.2, 0.25) is 0 Å². The standard InChI is InChI=1S/C48H47F3N10O5S.3H2/c49-36-19-30(18-33-34(36)20-61(45(33)66)42(44(65)56-46-52-14-17-67-46)41-38-2-1-15-58(38)27-53-41)28-5-9-32(10-6-28)59-22-47(23-59)24-60(25-47)40(63)21-57-16-13-35(48(50,51)26-57)29-3-7-31(8-4-29)54-37-11-12-39(62)55-43(37)64;;;/h3-10,14,17-19,27,35,37,42,54H,1-2,11-13,15-16,20-26H2,(H,52,56,65)(H,55,62,64);3*1H. The zero-order chi connectivity index (χ0) is 46.2. The van der Waals surface area contributed by atoms with Crippen LogP contribution < -0.4 is 20.9 Å². The molecule has 0 aliphatic carbocycles. The molecule has 5 amide bonds. The van der Waals surface area contributed by atoms with Gasteiger partial charge < -0.3 is 24.6 Å². The van der Waals surface area contributed by atoms with Gasteiger partial charge in [-0.2, -0.15) is 0 Å². The Labute approximate surface area is 391 Å². The number of imidazole rings is 1. The first-order chi connectivity index (χ1) is 32.3. The molecule has 1 spiro atoms. The minimum Gasteiger partial charge on any atom is -0.374 e. The Balaban J connectivity index is 0.00000220. The van der Waals surface area contributed by atoms with Crippen LogP contribution in [0, 0.1) is 11.2 Å². The number of hydrogen-bond donors (Lipinski definition) is 3. The number of aryl methyl sites for hydroxylation is 1. The number of alkyl halides is 2. The van der Waals surface area contributed by atoms with Gasteiger partial charge in [-0.25, -0.2) is 23.1 Å². The summed E-state index contributed by atoms with van der Waals surface area (Å²) in [5.41, 5.74) is 5.09. The molecule has 4 saturated heterocycles. The molecule has 67 heavy (non-hydrogen) atoms. The number of imide groups is 1. The van der Waals surface area contributed by atoms with Gasteiger partial charge in [0.2, 0.25) is 17.7 Å². The highest BCUT2D eigenvalue weighted by atomic mass is 32.1. The molecule has 8 heterocycles. The van der Waals surface area contributed by atoms with Crippen LogP contribution in [0.1, 0.15) is 74.8 Å². The van der Waals surface area contributed by atoms with E-state index in [1.165, 1.54) is 22.3 Å². The van der Waals surface area contributed by atoms with Gasteiger partial charge in [-0.3, -0.25) is 39.5 Å². The molecule has 3 aromatic carbocycles. The number of fused-ring (bicyclic) bond motifs is 2. The van der Waals surface area contributed by atoms with Crippen molar-refractivity contribution in [3.8, 4) is 11.1 Å². The van der Waals surface area contributed by atoms with E-state index in [2.05, 4.69) is 30.8 Å². The summed E-state index contributed by atoms with van der Waals surface area (Å²) >= 11 is 1.26. The number of aromatic nitrogens is 3. The molecule has 15 nitrogen and oxygen atoms in total. The maximum Gasteiger partial charge on any atom is 0.267 e. The summed E-state index contributed by atoms with van der Waals surface area (Å²) in [6.45, 7) is 3.05. The summed E-state index contributed by atoms with van der Waals surface area (Å²) < 4.78 is 49.1. The van der Waals surface area contributed by atoms with E-state index in [1.54, 1.807) is 58.0 Å². The van der Waals surface area contributed by atoms with Gasteiger partial charge in [-0.1, -0.05) is 24.3 Å². The van der Waals surface area contributed by atoms with Crippen molar-refractivity contribution < 1.29 is 41.4 Å². The number of rotatable bonds is 11. The second kappa shape index (κ2) is 16.6. The van der Waals surface area contributed by atoms with Gasteiger partial charge in [-0.05, 0) is 85.3 Å². The molecule has 3 unspecified atom stereocenters. The summed E-state index contributed by atoms with van der Waals surface area (Å²) in [7, 11) is 0. The van der Waals surface area contributed by atoms with Crippen LogP contribution in [0.4, 0.5) is 29.7 Å². The summed E-state index contributed by atoms with van der Waals surface area (Å²) in [5, 5.41) is 10.3. The molecule has 0 saturated carbocycles. The van der Waals surface area contributed by atoms with Gasteiger partial charge in [0.1, 0.15) is 11.9 Å². The number of carbonyl (C=O) groups is 5. The number of nitrogens with zero attached hydrogens (tertiary/aromatic N) is 7. The van der Waals surface area contributed by atoms with Gasteiger partial charge in [0, 0.05) is 88.6 Å². The van der Waals surface area contributed by atoms with Crippen molar-refractivity contribution in [1.29, 1.82) is 0 Å². The van der Waals surface area contributed by atoms with Crippen molar-refractivity contribution in [2.75, 3.05) is 61.3 Å². The summed E-state index contributed by atoms with van der Waals surface area (Å²) in [6.07, 6.45) is 5.69. The van der Waals surface area contributed by atoms with Crippen molar-refractivity contribution in [3.05, 3.63) is 112 Å². The molecule has 6 aliphatic heterocycles. The molecule has 3 N–H and O–H groups in total. The average molecular weight is 939 g/mol. The first-order valence-electron chi connectivity index (χ1n) is 22.6. The number of amides is 5. The largest absolute Gasteiger partial charge is 0.374 e. The highest BCUT2D eigenvalue weighted by Gasteiger charge is 2.54. The second-order valence-corrected chi connectivity index (χ2v) is 19.7. The number of halogens is 3. The molecule has 3 atom stereocenters. The molecule has 0 radical (unpaired) electrons. The SMILES string of the molecule is O=C1CCC(Nc2ccc(C3CCN(CC(=O)N4CC5(C4)CN(c4ccc(-c6cc(F)c7c(c6)C(=O)N(C(C(=O)Nc6nccs6)c6ncn8c6CCC8)C7)cc4)C5)CC3(F)F)cc2)C(=O)N1.[HH].[HH].[HH]. The maximum atomic E-state index is 15.9. The van der Waals surface area contributed by atoms with E-state index < -0.39 is 54.0 Å². The topological polar surface area (TPSA) is 165 Å². The summed E-state index contributed by atoms with van der Waals surface area (Å²) in [4.78, 5) is 80.5. The van der Waals surface area contributed by atoms with Crippen LogP contribution in [-0.4, -0.2) is 117 Å². The molecule has 6 aliphatic rings. The third-order valence-electron chi connectivity index (χ3n) is 14.2. The number of benzene rings is 3. The molecule has 19 heteroatoms. The van der Waals surface area contributed by atoms with E-state index >= 15 is 13.2 Å². The maximum absolute atomic E-state index is 15.9. The fourth-order valence-electron chi connectivity index (χ4n) is 10.8. The molecule has 11 rings (SSSR count). The Morgan fingerprint density at radius 2 is 1.72 bits per heavy atom. The number of nitrogens with one attached hydrogen (secondary N) is 3. The summed E-state index contributed by atoms with van der Waals surface area (Å²) in [5.74, 6) is -6.35. The van der Waals surface area contributed by atoms with Crippen LogP contribution in [-0.2, 0) is 38.7 Å². The van der Waals surface area contributed by atoms with Gasteiger partial charge in [0.05, 0.1) is 37.6 Å². The van der Waals surface area contributed by atoms with Gasteiger partial charge in [0.15, 0.2) is 11.2 Å². The van der Waals surface area contributed by atoms with E-state index in [9.17, 15) is 24.0 Å². The van der Waals surface area contributed by atoms with E-state index in [0.717, 1.165) is 49.4 Å². The molecule has 4 fully saturated rings. The fourth-order valence-corrected chi connectivity index (χ4v) is 11.3. The highest BCUT2D eigenvalue weighted by molar-refractivity contribution is 7.13. The van der Waals surface area contributed by atoms with Gasteiger partial charge in [0.25, 0.3) is 17.7 Å². The van der Waals surface area contributed by atoms with E-state index in [-0.39, 0.29) is 58.6 Å². The monoisotopic (exact) mass is 938 g/mol. The lowest BCUT2D eigenvalue weighted by atomic mass is 9.72. The minimum absolute atomic E-state index is 0. The van der Waals surface area contributed by atoms with Crippen molar-refractivity contribution in [2.45, 2.75) is 69.1 Å². The van der Waals surface area contributed by atoms with Crippen molar-refractivity contribution in [3.63, 3.8) is 0 Å². The first-order valence-corrected chi connectivity index (χ1v) is 23.5. The predicted molar refractivity (Wildman–Crippen MR) is 248 cm³/mol. The lowest BCUT2D eigenvalue weighted by Crippen LogP contribution is -2.73. The molecule has 0 bridgehead atoms. The molecular weight excluding hydrogens is 886 g/mol. The van der Waals surface area contributed by atoms with Crippen LogP contribution in [0.3, 0.4) is 0 Å². The van der Waals surface area contributed by atoms with Crippen LogP contribution in [0.25, 0.3) is 11.1 Å². The van der Waals surface area contributed by atoms with Crippen LogP contribution >= 0.6 is 11.3 Å². The first kappa shape index (κ1) is 43.0. The van der Waals surface area contributed by atoms with Crippen LogP contribution in [0.5, 0.6) is 0 Å². The van der Waals surface area contributed by atoms with E-state index in [0.29, 0.717) is 53.7 Å². The summed E-state index contributed by atoms with van der Waals surface area (Å²) in [6, 6.07) is 15.8. The number of carbonyl (C=O) groups excluding carboxylic acids is 5. The molecular formula is C48H53F3N10O5S. The average Bonchev–Trinajstić information content (AvgIpc) is 4.09. The number of hydrogen-bond acceptors (Lipinski definition) is 11. The normalized spacial score (nSPS) is 22.2. The van der Waals surface area contributed by atoms with Crippen molar-refractivity contribution >= 4 is 57.4 Å². The Bertz CT molecular complexity index is 2810. The third-order valence-corrected chi connectivity index (χ3v) is 14.9. The number of thiazole rings is 1. The van der Waals surface area contributed by atoms with Crippen LogP contribution in [0.15, 0.2) is 78.6 Å². The van der Waals surface area contributed by atoms with Crippen molar-refractivity contribution in [1.82, 2.24) is 34.6 Å². The van der Waals surface area contributed by atoms with E-state index in [4.69, 9.17) is 0 Å². The number of anilines is 3. The minimum atomic E-state index is -3.04. The predicted octanol–water partition coefficient (Wildman–Crippen LogP) is 6.16. The van der Waals surface area contributed by atoms with E-state index in [1.807, 2.05) is 28.8 Å². The van der Waals surface area contributed by atoms with Gasteiger partial charge >= 0.3 is 0 Å². The Morgan fingerprint density at radius 3 is 2.45 bits per heavy atom. The Morgan fingerprint density at radius 1 is 0.925 bits per heavy atom. The molecule has 352 valence electrons. The lowest BCUT2D eigenvalue weighted by molar-refractivity contribution is -0.149. The second-order valence-electron chi connectivity index (χ2n) is 18.8. The smallest absolute Gasteiger partial charge is 0.267 e. The lowest BCUT2D eigenvalue weighted by Gasteiger charge is -2.61. The molecule has 2 aromatic heterocycles. The number of piperidine rings is 2.